The summed E-state index contributed by atoms with van der Waals surface area (Å²) in [5, 5.41) is 14.6. The highest BCUT2D eigenvalue weighted by molar-refractivity contribution is 6.30. The van der Waals surface area contributed by atoms with Gasteiger partial charge in [0.05, 0.1) is 59.9 Å². The van der Waals surface area contributed by atoms with E-state index in [1.165, 1.54) is 29.2 Å². The number of ether oxygens (including phenoxy) is 2. The Morgan fingerprint density at radius 2 is 1.81 bits per heavy atom. The maximum atomic E-state index is 14.6. The highest BCUT2D eigenvalue weighted by Gasteiger charge is 2.43. The summed E-state index contributed by atoms with van der Waals surface area (Å²) in [7, 11) is 2.27. The Morgan fingerprint density at radius 1 is 1.11 bits per heavy atom. The molecule has 0 saturated heterocycles. The summed E-state index contributed by atoms with van der Waals surface area (Å²) in [6, 6.07) is 14.3. The number of nitrogens with zero attached hydrogens (tertiary/aromatic N) is 4. The predicted molar refractivity (Wildman–Crippen MR) is 128 cm³/mol. The van der Waals surface area contributed by atoms with Gasteiger partial charge in [-0.3, -0.25) is 4.90 Å². The summed E-state index contributed by atoms with van der Waals surface area (Å²) in [5.41, 5.74) is 6.68. The summed E-state index contributed by atoms with van der Waals surface area (Å²) >= 11 is 6.03. The molecule has 182 valence electrons. The first-order chi connectivity index (χ1) is 17.3. The van der Waals surface area contributed by atoms with E-state index in [-0.39, 0.29) is 34.0 Å². The molecule has 1 aliphatic heterocycles. The number of rotatable bonds is 5. The Morgan fingerprint density at radius 3 is 2.39 bits per heavy atom. The van der Waals surface area contributed by atoms with Crippen molar-refractivity contribution < 1.29 is 23.5 Å². The second kappa shape index (κ2) is 9.93. The van der Waals surface area contributed by atoms with E-state index in [1.807, 2.05) is 6.07 Å². The van der Waals surface area contributed by atoms with Gasteiger partial charge in [-0.2, -0.15) is 10.4 Å². The molecule has 0 amide bonds. The SMILES string of the molecule is COC(=O)C1=C(C(=O)OC)N(c2cc(F)ccc2-n2cc(Cl)cn2)C(N)=C(C#N)C1c1ccccc1. The van der Waals surface area contributed by atoms with Gasteiger partial charge in [-0.05, 0) is 17.7 Å². The molecule has 0 bridgehead atoms. The molecule has 2 N–H and O–H groups in total. The van der Waals surface area contributed by atoms with Crippen LogP contribution in [0.4, 0.5) is 10.1 Å². The van der Waals surface area contributed by atoms with Gasteiger partial charge in [0, 0.05) is 12.3 Å². The number of anilines is 1. The van der Waals surface area contributed by atoms with Gasteiger partial charge < -0.3 is 15.2 Å². The van der Waals surface area contributed by atoms with Crippen molar-refractivity contribution in [2.75, 3.05) is 19.1 Å². The molecule has 1 unspecified atom stereocenters. The zero-order valence-corrected chi connectivity index (χ0v) is 19.9. The fraction of sp³-hybridized carbons (Fsp3) is 0.120. The molecule has 0 aliphatic carbocycles. The molecule has 4 rings (SSSR count). The largest absolute Gasteiger partial charge is 0.466 e. The number of carbonyl (C=O) groups excluding carboxylic acids is 2. The van der Waals surface area contributed by atoms with Gasteiger partial charge in [-0.15, -0.1) is 0 Å². The van der Waals surface area contributed by atoms with Crippen LogP contribution in [0.1, 0.15) is 11.5 Å². The average molecular weight is 508 g/mol. The molecule has 1 atom stereocenters. The van der Waals surface area contributed by atoms with Crippen molar-refractivity contribution in [2.45, 2.75) is 5.92 Å². The summed E-state index contributed by atoms with van der Waals surface area (Å²) in [5.74, 6) is -3.78. The van der Waals surface area contributed by atoms with E-state index in [0.717, 1.165) is 25.2 Å². The third-order valence-corrected chi connectivity index (χ3v) is 5.78. The molecule has 11 heteroatoms. The van der Waals surface area contributed by atoms with Gasteiger partial charge >= 0.3 is 11.9 Å². The Bertz CT molecular complexity index is 1460. The Kier molecular flexibility index (Phi) is 6.76. The molecule has 0 radical (unpaired) electrons. The molecule has 1 aromatic heterocycles. The van der Waals surface area contributed by atoms with Gasteiger partial charge in [0.2, 0.25) is 0 Å². The molecule has 3 aromatic rings. The highest BCUT2D eigenvalue weighted by atomic mass is 35.5. The molecular formula is C25H19ClFN5O4. The monoisotopic (exact) mass is 507 g/mol. The van der Waals surface area contributed by atoms with Crippen LogP contribution in [-0.4, -0.2) is 35.9 Å². The molecule has 0 fully saturated rings. The molecule has 1 aliphatic rings. The fourth-order valence-electron chi connectivity index (χ4n) is 4.07. The molecule has 0 saturated carbocycles. The fourth-order valence-corrected chi connectivity index (χ4v) is 4.20. The number of esters is 2. The Labute approximate surface area is 210 Å². The summed E-state index contributed by atoms with van der Waals surface area (Å²) in [6.45, 7) is 0. The zero-order chi connectivity index (χ0) is 26.0. The van der Waals surface area contributed by atoms with E-state index in [0.29, 0.717) is 10.6 Å². The van der Waals surface area contributed by atoms with Gasteiger partial charge in [0.1, 0.15) is 17.3 Å². The van der Waals surface area contributed by atoms with Crippen molar-refractivity contribution in [2.24, 2.45) is 5.73 Å². The molecule has 0 spiro atoms. The minimum absolute atomic E-state index is 0.00771. The zero-order valence-electron chi connectivity index (χ0n) is 19.1. The third-order valence-electron chi connectivity index (χ3n) is 5.59. The van der Waals surface area contributed by atoms with Crippen molar-refractivity contribution in [3.05, 3.63) is 100.0 Å². The molecular weight excluding hydrogens is 489 g/mol. The number of nitriles is 1. The minimum atomic E-state index is -1.05. The van der Waals surface area contributed by atoms with Crippen molar-refractivity contribution in [1.29, 1.82) is 5.26 Å². The van der Waals surface area contributed by atoms with E-state index in [2.05, 4.69) is 5.10 Å². The number of carbonyl (C=O) groups is 2. The summed E-state index contributed by atoms with van der Waals surface area (Å²) in [4.78, 5) is 27.5. The Hall–Kier alpha value is -4.62. The lowest BCUT2D eigenvalue weighted by Crippen LogP contribution is -2.41. The molecule has 2 aromatic carbocycles. The second-order valence-electron chi connectivity index (χ2n) is 7.57. The number of benzene rings is 2. The van der Waals surface area contributed by atoms with Crippen LogP contribution in [-0.2, 0) is 19.1 Å². The molecule has 2 heterocycles. The summed E-state index contributed by atoms with van der Waals surface area (Å²) < 4.78 is 25.9. The van der Waals surface area contributed by atoms with Gasteiger partial charge in [-0.1, -0.05) is 41.9 Å². The van der Waals surface area contributed by atoms with Crippen LogP contribution >= 0.6 is 11.6 Å². The van der Waals surface area contributed by atoms with E-state index in [1.54, 1.807) is 30.3 Å². The van der Waals surface area contributed by atoms with Gasteiger partial charge in [-0.25, -0.2) is 18.7 Å². The van der Waals surface area contributed by atoms with Gasteiger partial charge in [0.25, 0.3) is 0 Å². The average Bonchev–Trinajstić information content (AvgIpc) is 3.33. The van der Waals surface area contributed by atoms with E-state index in [4.69, 9.17) is 26.8 Å². The Balaban J connectivity index is 2.11. The van der Waals surface area contributed by atoms with Crippen molar-refractivity contribution in [1.82, 2.24) is 9.78 Å². The number of hydrogen-bond donors (Lipinski definition) is 1. The topological polar surface area (TPSA) is 123 Å². The van der Waals surface area contributed by atoms with Crippen LogP contribution in [0.2, 0.25) is 5.02 Å². The maximum absolute atomic E-state index is 14.6. The second-order valence-corrected chi connectivity index (χ2v) is 8.01. The smallest absolute Gasteiger partial charge is 0.355 e. The number of aromatic nitrogens is 2. The lowest BCUT2D eigenvalue weighted by molar-refractivity contribution is -0.139. The van der Waals surface area contributed by atoms with Crippen LogP contribution in [0.15, 0.2) is 83.6 Å². The normalized spacial score (nSPS) is 15.5. The van der Waals surface area contributed by atoms with Crippen molar-refractivity contribution >= 4 is 29.2 Å². The first-order valence-electron chi connectivity index (χ1n) is 10.5. The van der Waals surface area contributed by atoms with E-state index < -0.39 is 23.7 Å². The van der Waals surface area contributed by atoms with Crippen LogP contribution < -0.4 is 10.6 Å². The number of allylic oxidation sites excluding steroid dienone is 1. The lowest BCUT2D eigenvalue weighted by atomic mass is 9.81. The molecule has 36 heavy (non-hydrogen) atoms. The number of halogens is 2. The van der Waals surface area contributed by atoms with Crippen molar-refractivity contribution in [3.63, 3.8) is 0 Å². The minimum Gasteiger partial charge on any atom is -0.466 e. The predicted octanol–water partition coefficient (Wildman–Crippen LogP) is 3.56. The highest BCUT2D eigenvalue weighted by Crippen LogP contribution is 2.44. The third kappa shape index (κ3) is 4.16. The molecule has 9 nitrogen and oxygen atoms in total. The number of methoxy groups -OCH3 is 2. The van der Waals surface area contributed by atoms with E-state index in [9.17, 15) is 19.2 Å². The van der Waals surface area contributed by atoms with Crippen LogP contribution in [0.25, 0.3) is 5.69 Å². The standard InChI is InChI=1S/C25H19ClFN5O4/c1-35-24(33)21-20(14-6-4-3-5-7-14)17(11-28)23(29)32(22(21)25(34)36-2)19-10-16(27)8-9-18(19)31-13-15(26)12-30-31/h3-10,12-13,20H,29H2,1-2H3. The maximum Gasteiger partial charge on any atom is 0.355 e. The van der Waals surface area contributed by atoms with Crippen LogP contribution in [0, 0.1) is 17.1 Å². The van der Waals surface area contributed by atoms with Crippen molar-refractivity contribution in [3.8, 4) is 11.8 Å². The number of nitrogens with two attached hydrogens (primary N) is 1. The quantitative estimate of drug-likeness (QED) is 0.520. The first kappa shape index (κ1) is 24.5. The van der Waals surface area contributed by atoms with E-state index >= 15 is 0 Å². The van der Waals surface area contributed by atoms with Gasteiger partial charge in [0.15, 0.2) is 0 Å². The summed E-state index contributed by atoms with van der Waals surface area (Å²) in [6.07, 6.45) is 2.83. The van der Waals surface area contributed by atoms with Crippen LogP contribution in [0.5, 0.6) is 0 Å². The lowest BCUT2D eigenvalue weighted by Gasteiger charge is -2.36. The van der Waals surface area contributed by atoms with Crippen LogP contribution in [0.3, 0.4) is 0 Å². The first-order valence-corrected chi connectivity index (χ1v) is 10.9. The number of hydrogen-bond acceptors (Lipinski definition) is 8.